The van der Waals surface area contributed by atoms with Crippen LogP contribution >= 0.6 is 0 Å². The van der Waals surface area contributed by atoms with Gasteiger partial charge in [-0.1, -0.05) is 12.2 Å². The van der Waals surface area contributed by atoms with E-state index in [1.165, 1.54) is 13.2 Å². The summed E-state index contributed by atoms with van der Waals surface area (Å²) in [6, 6.07) is 3.05. The van der Waals surface area contributed by atoms with Gasteiger partial charge in [-0.15, -0.1) is 0 Å². The average Bonchev–Trinajstić information content (AvgIpc) is 2.25. The molecule has 0 saturated heterocycles. The number of aromatic carboxylic acids is 1. The van der Waals surface area contributed by atoms with Crippen LogP contribution in [0.2, 0.25) is 0 Å². The van der Waals surface area contributed by atoms with E-state index < -0.39 is 12.1 Å². The Balaban J connectivity index is 3.26. The molecule has 0 bridgehead atoms. The number of benzene rings is 1. The van der Waals surface area contributed by atoms with Gasteiger partial charge in [0.25, 0.3) is 0 Å². The zero-order valence-electron chi connectivity index (χ0n) is 10.1. The summed E-state index contributed by atoms with van der Waals surface area (Å²) >= 11 is 0. The van der Waals surface area contributed by atoms with Gasteiger partial charge in [0.05, 0.1) is 18.8 Å². The molecule has 2 N–H and O–H groups in total. The highest BCUT2D eigenvalue weighted by molar-refractivity contribution is 5.89. The number of carboxylic acids is 1. The molecule has 0 saturated carbocycles. The van der Waals surface area contributed by atoms with E-state index in [2.05, 4.69) is 0 Å². The molecule has 0 aliphatic carbocycles. The van der Waals surface area contributed by atoms with E-state index in [4.69, 9.17) is 9.84 Å². The van der Waals surface area contributed by atoms with Crippen LogP contribution in [0.1, 0.15) is 28.4 Å². The van der Waals surface area contributed by atoms with Gasteiger partial charge in [0, 0.05) is 5.56 Å². The minimum Gasteiger partial charge on any atom is -0.496 e. The topological polar surface area (TPSA) is 66.8 Å². The third kappa shape index (κ3) is 3.32. The van der Waals surface area contributed by atoms with Crippen molar-refractivity contribution >= 4 is 12.0 Å². The van der Waals surface area contributed by atoms with Crippen molar-refractivity contribution in [2.45, 2.75) is 20.0 Å². The third-order valence-corrected chi connectivity index (χ3v) is 2.36. The lowest BCUT2D eigenvalue weighted by molar-refractivity contribution is 0.0696. The molecule has 0 heterocycles. The van der Waals surface area contributed by atoms with Crippen LogP contribution < -0.4 is 4.74 Å². The van der Waals surface area contributed by atoms with Crippen molar-refractivity contribution in [3.05, 3.63) is 34.9 Å². The Hall–Kier alpha value is -1.81. The van der Waals surface area contributed by atoms with Crippen molar-refractivity contribution in [3.8, 4) is 5.75 Å². The first kappa shape index (κ1) is 13.3. The highest BCUT2D eigenvalue weighted by Crippen LogP contribution is 2.26. The number of hydrogen-bond acceptors (Lipinski definition) is 3. The van der Waals surface area contributed by atoms with E-state index in [0.717, 1.165) is 11.1 Å². The molecular weight excluding hydrogens is 220 g/mol. The summed E-state index contributed by atoms with van der Waals surface area (Å²) in [5.41, 5.74) is 1.76. The molecule has 1 aromatic carbocycles. The number of aliphatic hydroxyl groups is 1. The number of hydrogen-bond donors (Lipinski definition) is 2. The molecule has 1 rings (SSSR count). The van der Waals surface area contributed by atoms with Gasteiger partial charge in [-0.3, -0.25) is 0 Å². The van der Waals surface area contributed by atoms with E-state index in [1.54, 1.807) is 32.1 Å². The quantitative estimate of drug-likeness (QED) is 0.840. The van der Waals surface area contributed by atoms with E-state index in [9.17, 15) is 9.90 Å². The molecule has 0 amide bonds. The van der Waals surface area contributed by atoms with Crippen molar-refractivity contribution in [3.63, 3.8) is 0 Å². The van der Waals surface area contributed by atoms with E-state index >= 15 is 0 Å². The summed E-state index contributed by atoms with van der Waals surface area (Å²) in [7, 11) is 1.49. The number of aryl methyl sites for hydroxylation is 1. The molecule has 1 unspecified atom stereocenters. The summed E-state index contributed by atoms with van der Waals surface area (Å²) < 4.78 is 5.15. The van der Waals surface area contributed by atoms with Crippen LogP contribution in [0.5, 0.6) is 5.75 Å². The minimum absolute atomic E-state index is 0.188. The molecule has 92 valence electrons. The normalized spacial score (nSPS) is 12.7. The lowest BCUT2D eigenvalue weighted by Gasteiger charge is -2.10. The van der Waals surface area contributed by atoms with E-state index in [-0.39, 0.29) is 5.56 Å². The minimum atomic E-state index is -0.988. The monoisotopic (exact) mass is 236 g/mol. The zero-order chi connectivity index (χ0) is 13.0. The van der Waals surface area contributed by atoms with Gasteiger partial charge in [0.1, 0.15) is 5.75 Å². The second kappa shape index (κ2) is 5.50. The molecule has 0 aliphatic rings. The van der Waals surface area contributed by atoms with Crippen LogP contribution in [-0.2, 0) is 0 Å². The van der Waals surface area contributed by atoms with Crippen molar-refractivity contribution < 1.29 is 19.7 Å². The molecule has 1 atom stereocenters. The molecule has 4 heteroatoms. The summed E-state index contributed by atoms with van der Waals surface area (Å²) in [6.45, 7) is 3.45. The van der Waals surface area contributed by atoms with Crippen LogP contribution in [0.3, 0.4) is 0 Å². The molecule has 1 aromatic rings. The van der Waals surface area contributed by atoms with Gasteiger partial charge in [-0.05, 0) is 31.5 Å². The van der Waals surface area contributed by atoms with Crippen LogP contribution in [0.4, 0.5) is 0 Å². The molecule has 0 radical (unpaired) electrons. The number of methoxy groups -OCH3 is 1. The largest absolute Gasteiger partial charge is 0.496 e. The van der Waals surface area contributed by atoms with Crippen molar-refractivity contribution in [1.82, 2.24) is 0 Å². The Bertz CT molecular complexity index is 447. The lowest BCUT2D eigenvalue weighted by atomic mass is 10.0. The number of aliphatic hydroxyl groups excluding tert-OH is 1. The summed E-state index contributed by atoms with van der Waals surface area (Å²) in [5, 5.41) is 18.1. The number of ether oxygens (including phenoxy) is 1. The maximum atomic E-state index is 10.9. The molecule has 0 spiro atoms. The summed E-state index contributed by atoms with van der Waals surface area (Å²) in [6.07, 6.45) is 2.79. The maximum Gasteiger partial charge on any atom is 0.335 e. The fraction of sp³-hybridized carbons (Fsp3) is 0.308. The second-order valence-electron chi connectivity index (χ2n) is 3.81. The van der Waals surface area contributed by atoms with E-state index in [0.29, 0.717) is 5.75 Å². The predicted octanol–water partition coefficient (Wildman–Crippen LogP) is 2.10. The van der Waals surface area contributed by atoms with Crippen LogP contribution in [0.25, 0.3) is 6.08 Å². The van der Waals surface area contributed by atoms with Crippen molar-refractivity contribution in [2.24, 2.45) is 0 Å². The van der Waals surface area contributed by atoms with Gasteiger partial charge in [-0.25, -0.2) is 4.79 Å². The SMILES string of the molecule is COc1cc(C(=O)O)cc(C)c1/C=C/C(C)O. The van der Waals surface area contributed by atoms with Gasteiger partial charge in [0.2, 0.25) is 0 Å². The molecule has 0 aromatic heterocycles. The summed E-state index contributed by atoms with van der Waals surface area (Å²) in [5.74, 6) is -0.503. The Morgan fingerprint density at radius 2 is 2.12 bits per heavy atom. The molecule has 0 fully saturated rings. The molecule has 17 heavy (non-hydrogen) atoms. The second-order valence-corrected chi connectivity index (χ2v) is 3.81. The Labute approximate surface area is 100 Å². The fourth-order valence-electron chi connectivity index (χ4n) is 1.51. The van der Waals surface area contributed by atoms with Crippen LogP contribution in [0.15, 0.2) is 18.2 Å². The van der Waals surface area contributed by atoms with E-state index in [1.807, 2.05) is 0 Å². The first-order valence-corrected chi connectivity index (χ1v) is 5.24. The van der Waals surface area contributed by atoms with Crippen LogP contribution in [0, 0.1) is 6.92 Å². The standard InChI is InChI=1S/C13H16O4/c1-8-6-10(13(15)16)7-12(17-3)11(8)5-4-9(2)14/h4-7,9,14H,1-3H3,(H,15,16)/b5-4+. The first-order chi connectivity index (χ1) is 7.95. The van der Waals surface area contributed by atoms with Gasteiger partial charge < -0.3 is 14.9 Å². The van der Waals surface area contributed by atoms with Gasteiger partial charge in [-0.2, -0.15) is 0 Å². The number of carboxylic acid groups (broad SMARTS) is 1. The van der Waals surface area contributed by atoms with Crippen LogP contribution in [-0.4, -0.2) is 29.4 Å². The third-order valence-electron chi connectivity index (χ3n) is 2.36. The molecule has 4 nitrogen and oxygen atoms in total. The first-order valence-electron chi connectivity index (χ1n) is 5.24. The van der Waals surface area contributed by atoms with Gasteiger partial charge in [0.15, 0.2) is 0 Å². The Kier molecular flexibility index (Phi) is 4.29. The number of carbonyl (C=O) groups is 1. The van der Waals surface area contributed by atoms with Gasteiger partial charge >= 0.3 is 5.97 Å². The zero-order valence-corrected chi connectivity index (χ0v) is 10.1. The lowest BCUT2D eigenvalue weighted by Crippen LogP contribution is -2.00. The molecular formula is C13H16O4. The predicted molar refractivity (Wildman–Crippen MR) is 65.4 cm³/mol. The highest BCUT2D eigenvalue weighted by Gasteiger charge is 2.10. The van der Waals surface area contributed by atoms with Crippen molar-refractivity contribution in [2.75, 3.05) is 7.11 Å². The molecule has 0 aliphatic heterocycles. The Morgan fingerprint density at radius 3 is 2.59 bits per heavy atom. The Morgan fingerprint density at radius 1 is 1.47 bits per heavy atom. The average molecular weight is 236 g/mol. The summed E-state index contributed by atoms with van der Waals surface area (Å²) in [4.78, 5) is 10.9. The maximum absolute atomic E-state index is 10.9. The fourth-order valence-corrected chi connectivity index (χ4v) is 1.51. The van der Waals surface area contributed by atoms with Crippen molar-refractivity contribution in [1.29, 1.82) is 0 Å². The smallest absolute Gasteiger partial charge is 0.335 e. The number of rotatable bonds is 4. The highest BCUT2D eigenvalue weighted by atomic mass is 16.5.